The molecular weight excluding hydrogens is 228 g/mol. The van der Waals surface area contributed by atoms with Crippen LogP contribution in [0.3, 0.4) is 0 Å². The van der Waals surface area contributed by atoms with E-state index in [2.05, 4.69) is 10.3 Å². The Labute approximate surface area is 99.6 Å². The highest BCUT2D eigenvalue weighted by atomic mass is 35.5. The average Bonchev–Trinajstić information content (AvgIpc) is 2.26. The van der Waals surface area contributed by atoms with Gasteiger partial charge in [0.25, 0.3) is 0 Å². The minimum absolute atomic E-state index is 0.00979. The topological polar surface area (TPSA) is 62.2 Å². The molecule has 0 aromatic carbocycles. The van der Waals surface area contributed by atoms with Crippen LogP contribution in [0.15, 0.2) is 18.3 Å². The highest BCUT2D eigenvalue weighted by molar-refractivity contribution is 6.32. The van der Waals surface area contributed by atoms with Crippen LogP contribution in [0.4, 0.5) is 5.82 Å². The van der Waals surface area contributed by atoms with Crippen molar-refractivity contribution in [1.82, 2.24) is 4.98 Å². The molecule has 0 aliphatic carbocycles. The minimum atomic E-state index is -0.893. The smallest absolute Gasteiger partial charge is 0.326 e. The van der Waals surface area contributed by atoms with Crippen molar-refractivity contribution in [2.75, 3.05) is 5.32 Å². The molecule has 0 fully saturated rings. The molecule has 0 aliphatic rings. The molecule has 0 aliphatic heterocycles. The summed E-state index contributed by atoms with van der Waals surface area (Å²) in [5.74, 6) is -0.469. The number of nitrogens with one attached hydrogen (secondary N) is 1. The third-order valence-electron chi connectivity index (χ3n) is 2.53. The Bertz CT molecular complexity index is 371. The quantitative estimate of drug-likeness (QED) is 0.833. The van der Waals surface area contributed by atoms with E-state index >= 15 is 0 Å². The summed E-state index contributed by atoms with van der Waals surface area (Å²) in [7, 11) is 0. The number of anilines is 1. The van der Waals surface area contributed by atoms with Crippen molar-refractivity contribution in [1.29, 1.82) is 0 Å². The first-order valence-corrected chi connectivity index (χ1v) is 5.54. The second-order valence-corrected chi connectivity index (χ2v) is 4.09. The van der Waals surface area contributed by atoms with Crippen LogP contribution in [0.5, 0.6) is 0 Å². The number of carbonyl (C=O) groups is 1. The number of rotatable bonds is 5. The fourth-order valence-corrected chi connectivity index (χ4v) is 1.50. The zero-order valence-electron chi connectivity index (χ0n) is 9.27. The van der Waals surface area contributed by atoms with Gasteiger partial charge >= 0.3 is 5.97 Å². The molecule has 1 heterocycles. The van der Waals surface area contributed by atoms with Crippen molar-refractivity contribution in [2.45, 2.75) is 26.3 Å². The summed E-state index contributed by atoms with van der Waals surface area (Å²) in [6.07, 6.45) is 2.35. The number of hydrogen-bond donors (Lipinski definition) is 2. The summed E-state index contributed by atoms with van der Waals surface area (Å²) in [6.45, 7) is 3.82. The van der Waals surface area contributed by atoms with Gasteiger partial charge in [-0.3, -0.25) is 0 Å². The van der Waals surface area contributed by atoms with Gasteiger partial charge in [-0.2, -0.15) is 0 Å². The summed E-state index contributed by atoms with van der Waals surface area (Å²) in [5.41, 5.74) is 0. The standard InChI is InChI=1S/C11H15ClN2O2/c1-3-7(2)9(11(15)16)14-10-8(12)5-4-6-13-10/h4-7,9H,3H2,1-2H3,(H,13,14)(H,15,16)/t7-,9-/m0/s1. The lowest BCUT2D eigenvalue weighted by atomic mass is 9.99. The van der Waals surface area contributed by atoms with Crippen molar-refractivity contribution in [3.05, 3.63) is 23.4 Å². The second-order valence-electron chi connectivity index (χ2n) is 3.68. The van der Waals surface area contributed by atoms with E-state index in [0.717, 1.165) is 6.42 Å². The maximum Gasteiger partial charge on any atom is 0.326 e. The fraction of sp³-hybridized carbons (Fsp3) is 0.455. The van der Waals surface area contributed by atoms with Crippen LogP contribution in [0.1, 0.15) is 20.3 Å². The van der Waals surface area contributed by atoms with Crippen LogP contribution in [0.25, 0.3) is 0 Å². The highest BCUT2D eigenvalue weighted by Gasteiger charge is 2.24. The Morgan fingerprint density at radius 3 is 2.88 bits per heavy atom. The average molecular weight is 243 g/mol. The molecule has 2 atom stereocenters. The molecule has 1 aromatic rings. The molecule has 5 heteroatoms. The number of hydrogen-bond acceptors (Lipinski definition) is 3. The Morgan fingerprint density at radius 2 is 2.38 bits per heavy atom. The molecule has 4 nitrogen and oxygen atoms in total. The number of pyridine rings is 1. The van der Waals surface area contributed by atoms with Crippen molar-refractivity contribution in [3.63, 3.8) is 0 Å². The van der Waals surface area contributed by atoms with Crippen LogP contribution in [0.2, 0.25) is 5.02 Å². The van der Waals surface area contributed by atoms with Crippen molar-refractivity contribution < 1.29 is 9.90 Å². The van der Waals surface area contributed by atoms with E-state index in [0.29, 0.717) is 10.8 Å². The summed E-state index contributed by atoms with van der Waals surface area (Å²) in [5, 5.41) is 12.4. The molecule has 0 radical (unpaired) electrons. The van der Waals surface area contributed by atoms with E-state index in [4.69, 9.17) is 16.7 Å². The summed E-state index contributed by atoms with van der Waals surface area (Å²) in [4.78, 5) is 15.1. The molecule has 0 amide bonds. The van der Waals surface area contributed by atoms with Gasteiger partial charge < -0.3 is 10.4 Å². The zero-order chi connectivity index (χ0) is 12.1. The largest absolute Gasteiger partial charge is 0.480 e. The van der Waals surface area contributed by atoms with E-state index < -0.39 is 12.0 Å². The van der Waals surface area contributed by atoms with Gasteiger partial charge in [0.2, 0.25) is 0 Å². The van der Waals surface area contributed by atoms with E-state index in [1.165, 1.54) is 0 Å². The highest BCUT2D eigenvalue weighted by Crippen LogP contribution is 2.21. The van der Waals surface area contributed by atoms with Crippen molar-refractivity contribution >= 4 is 23.4 Å². The number of nitrogens with zero attached hydrogens (tertiary/aromatic N) is 1. The van der Waals surface area contributed by atoms with E-state index in [9.17, 15) is 4.79 Å². The SMILES string of the molecule is CC[C@H](C)[C@H](Nc1ncccc1Cl)C(=O)O. The Hall–Kier alpha value is -1.29. The Balaban J connectivity index is 2.84. The fourth-order valence-electron chi connectivity index (χ4n) is 1.32. The van der Waals surface area contributed by atoms with Crippen LogP contribution in [-0.4, -0.2) is 22.1 Å². The van der Waals surface area contributed by atoms with Crippen LogP contribution >= 0.6 is 11.6 Å². The maximum atomic E-state index is 11.1. The predicted molar refractivity (Wildman–Crippen MR) is 63.7 cm³/mol. The number of aromatic nitrogens is 1. The number of halogens is 1. The molecule has 0 saturated carbocycles. The van der Waals surface area contributed by atoms with E-state index in [1.807, 2.05) is 13.8 Å². The summed E-state index contributed by atoms with van der Waals surface area (Å²) in [6, 6.07) is 2.70. The first-order valence-electron chi connectivity index (χ1n) is 5.16. The molecule has 1 aromatic heterocycles. The Kier molecular flexibility index (Phi) is 4.55. The summed E-state index contributed by atoms with van der Waals surface area (Å²) >= 11 is 5.90. The molecule has 0 spiro atoms. The van der Waals surface area contributed by atoms with E-state index in [-0.39, 0.29) is 5.92 Å². The summed E-state index contributed by atoms with van der Waals surface area (Å²) < 4.78 is 0. The number of carboxylic acids is 1. The molecule has 0 bridgehead atoms. The number of carboxylic acid groups (broad SMARTS) is 1. The van der Waals surface area contributed by atoms with Gasteiger partial charge in [0, 0.05) is 6.20 Å². The molecule has 2 N–H and O–H groups in total. The van der Waals surface area contributed by atoms with E-state index in [1.54, 1.807) is 18.3 Å². The second kappa shape index (κ2) is 5.70. The lowest BCUT2D eigenvalue weighted by Crippen LogP contribution is -2.35. The van der Waals surface area contributed by atoms with Crippen LogP contribution in [0, 0.1) is 5.92 Å². The minimum Gasteiger partial charge on any atom is -0.480 e. The maximum absolute atomic E-state index is 11.1. The van der Waals surface area contributed by atoms with Gasteiger partial charge in [-0.25, -0.2) is 9.78 Å². The predicted octanol–water partition coefficient (Wildman–Crippen LogP) is 2.65. The van der Waals surface area contributed by atoms with Gasteiger partial charge in [-0.05, 0) is 18.1 Å². The third kappa shape index (κ3) is 3.10. The number of aliphatic carboxylic acids is 1. The normalized spacial score (nSPS) is 14.2. The van der Waals surface area contributed by atoms with Gasteiger partial charge in [-0.1, -0.05) is 31.9 Å². The van der Waals surface area contributed by atoms with Crippen molar-refractivity contribution in [3.8, 4) is 0 Å². The molecule has 0 saturated heterocycles. The lowest BCUT2D eigenvalue weighted by molar-refractivity contribution is -0.139. The first kappa shape index (κ1) is 12.8. The van der Waals surface area contributed by atoms with Crippen LogP contribution in [-0.2, 0) is 4.79 Å². The molecule has 88 valence electrons. The monoisotopic (exact) mass is 242 g/mol. The molecule has 16 heavy (non-hydrogen) atoms. The van der Waals surface area contributed by atoms with Crippen molar-refractivity contribution in [2.24, 2.45) is 5.92 Å². The third-order valence-corrected chi connectivity index (χ3v) is 2.83. The van der Waals surface area contributed by atoms with Gasteiger partial charge in [-0.15, -0.1) is 0 Å². The van der Waals surface area contributed by atoms with Gasteiger partial charge in [0.05, 0.1) is 5.02 Å². The lowest BCUT2D eigenvalue weighted by Gasteiger charge is -2.20. The first-order chi connectivity index (χ1) is 7.56. The molecule has 1 rings (SSSR count). The van der Waals surface area contributed by atoms with Gasteiger partial charge in [0.1, 0.15) is 11.9 Å². The Morgan fingerprint density at radius 1 is 1.69 bits per heavy atom. The molecule has 0 unspecified atom stereocenters. The zero-order valence-corrected chi connectivity index (χ0v) is 10.0. The van der Waals surface area contributed by atoms with Crippen LogP contribution < -0.4 is 5.32 Å². The van der Waals surface area contributed by atoms with Gasteiger partial charge in [0.15, 0.2) is 0 Å². The molecular formula is C11H15ClN2O2.